The minimum Gasteiger partial charge on any atom is -0.363 e. The molecule has 1 atom stereocenters. The fraction of sp³-hybridized carbons (Fsp3) is 0.591. The van der Waals surface area contributed by atoms with Gasteiger partial charge in [0.15, 0.2) is 5.11 Å². The monoisotopic (exact) mass is 416 g/mol. The summed E-state index contributed by atoms with van der Waals surface area (Å²) in [5.74, 6) is 0.0195. The molecule has 2 aliphatic rings. The molecule has 2 heterocycles. The average molecular weight is 417 g/mol. The van der Waals surface area contributed by atoms with Crippen molar-refractivity contribution in [1.82, 2.24) is 20.4 Å². The molecule has 7 heteroatoms. The van der Waals surface area contributed by atoms with Gasteiger partial charge in [0.05, 0.1) is 0 Å². The van der Waals surface area contributed by atoms with Gasteiger partial charge < -0.3 is 20.4 Å². The van der Waals surface area contributed by atoms with Crippen LogP contribution in [0.3, 0.4) is 0 Å². The molecule has 2 saturated heterocycles. The minimum absolute atomic E-state index is 0.0710. The number of carbonyl (C=O) groups is 2. The lowest BCUT2D eigenvalue weighted by Crippen LogP contribution is -2.56. The van der Waals surface area contributed by atoms with E-state index in [4.69, 9.17) is 12.2 Å². The van der Waals surface area contributed by atoms with Gasteiger partial charge >= 0.3 is 0 Å². The van der Waals surface area contributed by atoms with Crippen molar-refractivity contribution >= 4 is 29.1 Å². The van der Waals surface area contributed by atoms with Crippen LogP contribution in [0.5, 0.6) is 0 Å². The first-order chi connectivity index (χ1) is 14.1. The summed E-state index contributed by atoms with van der Waals surface area (Å²) in [5.41, 5.74) is 0.592. The second-order valence-corrected chi connectivity index (χ2v) is 8.25. The van der Waals surface area contributed by atoms with Crippen LogP contribution in [0, 0.1) is 5.92 Å². The second-order valence-electron chi connectivity index (χ2n) is 7.86. The first-order valence-corrected chi connectivity index (χ1v) is 11.2. The number of nitrogens with one attached hydrogen (secondary N) is 2. The smallest absolute Gasteiger partial charge is 0.251 e. The van der Waals surface area contributed by atoms with Crippen LogP contribution in [-0.2, 0) is 4.79 Å². The number of amides is 2. The van der Waals surface area contributed by atoms with Crippen LogP contribution in [-0.4, -0.2) is 65.5 Å². The van der Waals surface area contributed by atoms with Gasteiger partial charge in [0.2, 0.25) is 5.91 Å². The summed E-state index contributed by atoms with van der Waals surface area (Å²) in [6.07, 6.45) is 4.93. The number of hydrogen-bond acceptors (Lipinski definition) is 3. The van der Waals surface area contributed by atoms with Crippen molar-refractivity contribution in [3.05, 3.63) is 35.9 Å². The van der Waals surface area contributed by atoms with Crippen molar-refractivity contribution in [2.24, 2.45) is 5.92 Å². The van der Waals surface area contributed by atoms with Crippen molar-refractivity contribution < 1.29 is 9.59 Å². The quantitative estimate of drug-likeness (QED) is 0.722. The van der Waals surface area contributed by atoms with E-state index < -0.39 is 6.04 Å². The first-order valence-electron chi connectivity index (χ1n) is 10.8. The fourth-order valence-corrected chi connectivity index (χ4v) is 4.53. The zero-order chi connectivity index (χ0) is 20.6. The maximum absolute atomic E-state index is 13.3. The lowest BCUT2D eigenvalue weighted by atomic mass is 9.88. The Kier molecular flexibility index (Phi) is 7.86. The van der Waals surface area contributed by atoms with Crippen LogP contribution in [0.2, 0.25) is 0 Å². The van der Waals surface area contributed by atoms with Gasteiger partial charge in [-0.3, -0.25) is 9.59 Å². The van der Waals surface area contributed by atoms with E-state index in [2.05, 4.69) is 15.5 Å². The Labute approximate surface area is 179 Å². The maximum atomic E-state index is 13.3. The lowest BCUT2D eigenvalue weighted by Gasteiger charge is -2.39. The van der Waals surface area contributed by atoms with Gasteiger partial charge in [-0.2, -0.15) is 0 Å². The molecule has 0 saturated carbocycles. The highest BCUT2D eigenvalue weighted by Crippen LogP contribution is 2.24. The molecule has 2 amide bonds. The van der Waals surface area contributed by atoms with Crippen molar-refractivity contribution in [2.75, 3.05) is 32.7 Å². The summed E-state index contributed by atoms with van der Waals surface area (Å²) in [6, 6.07) is 8.67. The Morgan fingerprint density at radius 2 is 1.69 bits per heavy atom. The third-order valence-corrected chi connectivity index (χ3v) is 6.29. The summed E-state index contributed by atoms with van der Waals surface area (Å²) in [4.78, 5) is 30.3. The van der Waals surface area contributed by atoms with E-state index in [9.17, 15) is 9.59 Å². The molecule has 0 spiro atoms. The van der Waals surface area contributed by atoms with E-state index in [1.54, 1.807) is 12.1 Å². The molecule has 1 aromatic carbocycles. The topological polar surface area (TPSA) is 64.7 Å². The largest absolute Gasteiger partial charge is 0.363 e. The zero-order valence-corrected chi connectivity index (χ0v) is 18.0. The molecular weight excluding hydrogens is 384 g/mol. The van der Waals surface area contributed by atoms with E-state index in [1.165, 1.54) is 6.42 Å². The van der Waals surface area contributed by atoms with Gasteiger partial charge in [0, 0.05) is 38.3 Å². The van der Waals surface area contributed by atoms with Crippen molar-refractivity contribution in [2.45, 2.75) is 45.1 Å². The summed E-state index contributed by atoms with van der Waals surface area (Å²) in [6.45, 7) is 6.04. The third kappa shape index (κ3) is 5.69. The van der Waals surface area contributed by atoms with Crippen LogP contribution >= 0.6 is 12.2 Å². The number of likely N-dealkylation sites (tertiary alicyclic amines) is 2. The maximum Gasteiger partial charge on any atom is 0.251 e. The zero-order valence-electron chi connectivity index (χ0n) is 17.2. The Bertz CT molecular complexity index is 698. The molecule has 0 aliphatic carbocycles. The number of carbonyl (C=O) groups excluding carboxylic acids is 2. The number of rotatable bonds is 5. The van der Waals surface area contributed by atoms with E-state index in [-0.39, 0.29) is 17.7 Å². The molecule has 0 bridgehead atoms. The SMILES string of the molecule is CCNC(=S)N1CCC([C@H](NC(=O)c2ccccc2)C(=O)N2CCCCC2)CC1. The third-order valence-electron chi connectivity index (χ3n) is 5.88. The van der Waals surface area contributed by atoms with Gasteiger partial charge in [-0.05, 0) is 69.3 Å². The van der Waals surface area contributed by atoms with Gasteiger partial charge in [-0.15, -0.1) is 0 Å². The summed E-state index contributed by atoms with van der Waals surface area (Å²) in [7, 11) is 0. The predicted octanol–water partition coefficient (Wildman–Crippen LogP) is 2.40. The van der Waals surface area contributed by atoms with Crippen LogP contribution in [0.1, 0.15) is 49.4 Å². The van der Waals surface area contributed by atoms with Gasteiger partial charge in [-0.25, -0.2) is 0 Å². The van der Waals surface area contributed by atoms with E-state index in [1.807, 2.05) is 30.0 Å². The van der Waals surface area contributed by atoms with E-state index in [0.29, 0.717) is 5.56 Å². The van der Waals surface area contributed by atoms with Crippen LogP contribution < -0.4 is 10.6 Å². The fourth-order valence-electron chi connectivity index (χ4n) is 4.21. The standard InChI is InChI=1S/C22H32N4O2S/c1-2-23-22(29)26-15-11-17(12-16-26)19(21(28)25-13-7-4-8-14-25)24-20(27)18-9-5-3-6-10-18/h3,5-6,9-10,17,19H,2,4,7-8,11-16H2,1H3,(H,23,29)(H,24,27)/t19-/m0/s1. The Hall–Kier alpha value is -2.15. The number of benzene rings is 1. The van der Waals surface area contributed by atoms with Gasteiger partial charge in [-0.1, -0.05) is 18.2 Å². The molecule has 1 aromatic rings. The Balaban J connectivity index is 1.70. The minimum atomic E-state index is -0.476. The molecule has 6 nitrogen and oxygen atoms in total. The summed E-state index contributed by atoms with van der Waals surface area (Å²) < 4.78 is 0. The van der Waals surface area contributed by atoms with Crippen LogP contribution in [0.4, 0.5) is 0 Å². The molecule has 2 aliphatic heterocycles. The number of nitrogens with zero attached hydrogens (tertiary/aromatic N) is 2. The van der Waals surface area contributed by atoms with E-state index in [0.717, 1.165) is 63.5 Å². The predicted molar refractivity (Wildman–Crippen MR) is 119 cm³/mol. The van der Waals surface area contributed by atoms with Crippen LogP contribution in [0.25, 0.3) is 0 Å². The Morgan fingerprint density at radius 1 is 1.03 bits per heavy atom. The first kappa shape index (κ1) is 21.6. The molecule has 0 radical (unpaired) electrons. The van der Waals surface area contributed by atoms with Crippen molar-refractivity contribution in [3.8, 4) is 0 Å². The van der Waals surface area contributed by atoms with Crippen molar-refractivity contribution in [3.63, 3.8) is 0 Å². The molecule has 158 valence electrons. The summed E-state index contributed by atoms with van der Waals surface area (Å²) in [5, 5.41) is 7.05. The molecule has 0 aromatic heterocycles. The van der Waals surface area contributed by atoms with Crippen LogP contribution in [0.15, 0.2) is 30.3 Å². The second kappa shape index (κ2) is 10.6. The summed E-state index contributed by atoms with van der Waals surface area (Å²) >= 11 is 5.44. The molecular formula is C22H32N4O2S. The van der Waals surface area contributed by atoms with Gasteiger partial charge in [0.1, 0.15) is 6.04 Å². The number of hydrogen-bond donors (Lipinski definition) is 2. The van der Waals surface area contributed by atoms with Gasteiger partial charge in [0.25, 0.3) is 5.91 Å². The van der Waals surface area contributed by atoms with E-state index >= 15 is 0 Å². The Morgan fingerprint density at radius 3 is 2.31 bits per heavy atom. The molecule has 2 N–H and O–H groups in total. The molecule has 29 heavy (non-hydrogen) atoms. The number of piperidine rings is 2. The lowest BCUT2D eigenvalue weighted by molar-refractivity contribution is -0.136. The number of thiocarbonyl (C=S) groups is 1. The highest BCUT2D eigenvalue weighted by atomic mass is 32.1. The molecule has 3 rings (SSSR count). The average Bonchev–Trinajstić information content (AvgIpc) is 2.78. The molecule has 0 unspecified atom stereocenters. The van der Waals surface area contributed by atoms with Crippen molar-refractivity contribution in [1.29, 1.82) is 0 Å². The normalized spacial score (nSPS) is 18.8. The molecule has 2 fully saturated rings. The highest BCUT2D eigenvalue weighted by molar-refractivity contribution is 7.80. The highest BCUT2D eigenvalue weighted by Gasteiger charge is 2.36.